The number of aliphatic carboxylic acids is 1. The Kier molecular flexibility index (Phi) is 4.43. The van der Waals surface area contributed by atoms with Gasteiger partial charge < -0.3 is 25.3 Å². The van der Waals surface area contributed by atoms with Gasteiger partial charge in [-0.25, -0.2) is 0 Å². The Bertz CT molecular complexity index is 871. The van der Waals surface area contributed by atoms with Gasteiger partial charge in [0.15, 0.2) is 0 Å². The summed E-state index contributed by atoms with van der Waals surface area (Å²) in [6.07, 6.45) is -0.110. The van der Waals surface area contributed by atoms with Crippen molar-refractivity contribution in [3.05, 3.63) is 29.8 Å². The number of carbonyl (C=O) groups is 4. The van der Waals surface area contributed by atoms with Crippen molar-refractivity contribution >= 4 is 29.4 Å². The van der Waals surface area contributed by atoms with E-state index in [4.69, 9.17) is 4.74 Å². The molecule has 1 aromatic carbocycles. The van der Waals surface area contributed by atoms with Gasteiger partial charge in [-0.05, 0) is 12.5 Å². The molecule has 3 aliphatic rings. The lowest BCUT2D eigenvalue weighted by molar-refractivity contribution is -0.734. The number of fused-ring (bicyclic) bond motifs is 4. The molecule has 1 spiro atoms. The maximum Gasteiger partial charge on any atom is 0.291 e. The molecule has 2 saturated heterocycles. The number of carbonyl (C=O) groups excluding carboxylic acids is 4. The molecule has 2 fully saturated rings. The normalized spacial score (nSPS) is 30.7. The number of likely N-dealkylation sites (tertiary alicyclic amines) is 1. The summed E-state index contributed by atoms with van der Waals surface area (Å²) < 4.78 is 5.00. The van der Waals surface area contributed by atoms with Crippen molar-refractivity contribution in [3.8, 4) is 0 Å². The largest absolute Gasteiger partial charge is 0.550 e. The van der Waals surface area contributed by atoms with Gasteiger partial charge in [0.25, 0.3) is 5.91 Å². The van der Waals surface area contributed by atoms with E-state index in [-0.39, 0.29) is 37.8 Å². The molecule has 0 aliphatic carbocycles. The Morgan fingerprint density at radius 2 is 2.04 bits per heavy atom. The summed E-state index contributed by atoms with van der Waals surface area (Å²) >= 11 is 0. The first-order valence-corrected chi connectivity index (χ1v) is 9.22. The quantitative estimate of drug-likeness (QED) is 0.521. The molecular weight excluding hydrogens is 366 g/mol. The van der Waals surface area contributed by atoms with Gasteiger partial charge in [-0.3, -0.25) is 19.3 Å². The van der Waals surface area contributed by atoms with E-state index in [1.165, 1.54) is 7.11 Å². The number of amides is 3. The number of carboxylic acids is 1. The minimum absolute atomic E-state index is 0.105. The molecule has 9 nitrogen and oxygen atoms in total. The number of methoxy groups -OCH3 is 1. The summed E-state index contributed by atoms with van der Waals surface area (Å²) in [6.45, 7) is 0.299. The van der Waals surface area contributed by atoms with Crippen LogP contribution in [0.5, 0.6) is 0 Å². The van der Waals surface area contributed by atoms with Gasteiger partial charge in [-0.15, -0.1) is 0 Å². The first-order valence-electron chi connectivity index (χ1n) is 9.22. The van der Waals surface area contributed by atoms with Crippen molar-refractivity contribution in [2.24, 2.45) is 11.8 Å². The molecule has 1 aromatic rings. The van der Waals surface area contributed by atoms with Crippen LogP contribution in [0.3, 0.4) is 0 Å². The van der Waals surface area contributed by atoms with Crippen LogP contribution in [0, 0.1) is 11.8 Å². The van der Waals surface area contributed by atoms with Crippen molar-refractivity contribution in [1.82, 2.24) is 4.90 Å². The van der Waals surface area contributed by atoms with Gasteiger partial charge >= 0.3 is 0 Å². The maximum absolute atomic E-state index is 13.2. The average Bonchev–Trinajstić information content (AvgIpc) is 3.24. The molecule has 3 aliphatic heterocycles. The molecule has 3 N–H and O–H groups in total. The Morgan fingerprint density at radius 1 is 1.29 bits per heavy atom. The van der Waals surface area contributed by atoms with Crippen molar-refractivity contribution in [3.63, 3.8) is 0 Å². The number of carboxylic acid groups (broad SMARTS) is 1. The van der Waals surface area contributed by atoms with Crippen molar-refractivity contribution < 1.29 is 34.3 Å². The van der Waals surface area contributed by atoms with Crippen molar-refractivity contribution in [2.75, 3.05) is 25.6 Å². The second-order valence-electron chi connectivity index (χ2n) is 7.43. The van der Waals surface area contributed by atoms with E-state index in [1.807, 2.05) is 0 Å². The average molecular weight is 387 g/mol. The summed E-state index contributed by atoms with van der Waals surface area (Å²) in [7, 11) is 1.48. The molecule has 0 bridgehead atoms. The zero-order valence-electron chi connectivity index (χ0n) is 15.3. The van der Waals surface area contributed by atoms with Crippen LogP contribution in [0.2, 0.25) is 0 Å². The van der Waals surface area contributed by atoms with Crippen LogP contribution in [-0.4, -0.2) is 54.9 Å². The van der Waals surface area contributed by atoms with Gasteiger partial charge in [-0.2, -0.15) is 0 Å². The number of anilines is 1. The minimum Gasteiger partial charge on any atom is -0.550 e. The zero-order chi connectivity index (χ0) is 20.1. The smallest absolute Gasteiger partial charge is 0.291 e. The molecule has 0 saturated carbocycles. The van der Waals surface area contributed by atoms with Crippen molar-refractivity contribution in [2.45, 2.75) is 24.4 Å². The fourth-order valence-corrected chi connectivity index (χ4v) is 4.93. The summed E-state index contributed by atoms with van der Waals surface area (Å²) in [5.41, 5.74) is -0.00813. The first-order chi connectivity index (χ1) is 13.4. The number of nitrogens with two attached hydrogens (primary N) is 1. The lowest BCUT2D eigenvalue weighted by Crippen LogP contribution is -2.99. The molecule has 3 amide bonds. The summed E-state index contributed by atoms with van der Waals surface area (Å²) in [5.74, 6) is -4.01. The fourth-order valence-electron chi connectivity index (χ4n) is 4.93. The summed E-state index contributed by atoms with van der Waals surface area (Å²) in [6, 6.07) is 6.58. The predicted molar refractivity (Wildman–Crippen MR) is 92.3 cm³/mol. The fraction of sp³-hybridized carbons (Fsp3) is 0.474. The predicted octanol–water partition coefficient (Wildman–Crippen LogP) is -2.44. The van der Waals surface area contributed by atoms with Crippen LogP contribution in [-0.2, 0) is 29.5 Å². The van der Waals surface area contributed by atoms with Gasteiger partial charge in [0.1, 0.15) is 17.9 Å². The molecule has 9 heteroatoms. The molecule has 148 valence electrons. The second-order valence-corrected chi connectivity index (χ2v) is 7.43. The van der Waals surface area contributed by atoms with Crippen LogP contribution >= 0.6 is 0 Å². The summed E-state index contributed by atoms with van der Waals surface area (Å²) in [4.78, 5) is 51.5. The van der Waals surface area contributed by atoms with Crippen LogP contribution < -0.4 is 15.7 Å². The van der Waals surface area contributed by atoms with Gasteiger partial charge in [-0.1, -0.05) is 18.2 Å². The Labute approximate surface area is 161 Å². The number of hydrogen-bond acceptors (Lipinski definition) is 6. The van der Waals surface area contributed by atoms with Gasteiger partial charge in [0.2, 0.25) is 17.4 Å². The van der Waals surface area contributed by atoms with E-state index in [2.05, 4.69) is 5.32 Å². The lowest BCUT2D eigenvalue weighted by Gasteiger charge is -2.26. The summed E-state index contributed by atoms with van der Waals surface area (Å²) in [5, 5.41) is 15.5. The number of nitrogens with zero attached hydrogens (tertiary/aromatic N) is 1. The molecule has 3 heterocycles. The third kappa shape index (κ3) is 2.46. The number of imide groups is 1. The number of ether oxygens (including phenoxy) is 1. The Hall–Kier alpha value is -2.78. The lowest BCUT2D eigenvalue weighted by atomic mass is 9.76. The standard InChI is InChI=1S/C19H21N3O6/c1-28-9-8-22-16(25)14-12(6-7-13(23)24)21-19(15(14)17(22)26)10-4-2-3-5-11(10)20-18(19)27/h2-5,12,14-15,21H,6-9H2,1H3,(H,20,27)(H,23,24)/t12-,14-,15+,19+/m1/s1. The number of nitrogens with one attached hydrogen (secondary N) is 1. The second kappa shape index (κ2) is 6.68. The van der Waals surface area contributed by atoms with E-state index in [9.17, 15) is 24.3 Å². The van der Waals surface area contributed by atoms with Crippen molar-refractivity contribution in [1.29, 1.82) is 0 Å². The van der Waals surface area contributed by atoms with E-state index >= 15 is 0 Å². The molecule has 0 aromatic heterocycles. The van der Waals surface area contributed by atoms with Crippen LogP contribution in [0.25, 0.3) is 0 Å². The highest BCUT2D eigenvalue weighted by Gasteiger charge is 2.73. The zero-order valence-corrected chi connectivity index (χ0v) is 15.3. The highest BCUT2D eigenvalue weighted by molar-refractivity contribution is 6.13. The third-order valence-corrected chi connectivity index (χ3v) is 6.07. The van der Waals surface area contributed by atoms with Gasteiger partial charge in [0, 0.05) is 25.1 Å². The highest BCUT2D eigenvalue weighted by Crippen LogP contribution is 2.49. The molecule has 28 heavy (non-hydrogen) atoms. The molecule has 4 rings (SSSR count). The van der Waals surface area contributed by atoms with E-state index in [0.717, 1.165) is 4.90 Å². The highest BCUT2D eigenvalue weighted by atomic mass is 16.5. The molecule has 0 radical (unpaired) electrons. The SMILES string of the molecule is COCCN1C(=O)[C@H]2[C@@H](C1=O)[C@]1([NH2+][C@@H]2CCC(=O)[O-])C(=O)Nc2ccccc21. The van der Waals surface area contributed by atoms with Crippen LogP contribution in [0.1, 0.15) is 18.4 Å². The molecular formula is C19H21N3O6. The number of benzene rings is 1. The number of rotatable bonds is 6. The Morgan fingerprint density at radius 3 is 2.75 bits per heavy atom. The maximum atomic E-state index is 13.2. The number of quaternary nitrogens is 1. The van der Waals surface area contributed by atoms with Gasteiger partial charge in [0.05, 0.1) is 18.8 Å². The number of hydrogen-bond donors (Lipinski definition) is 2. The monoisotopic (exact) mass is 387 g/mol. The van der Waals surface area contributed by atoms with Crippen LogP contribution in [0.4, 0.5) is 5.69 Å². The first kappa shape index (κ1) is 18.6. The Balaban J connectivity index is 1.79. The molecule has 4 atom stereocenters. The third-order valence-electron chi connectivity index (χ3n) is 6.07. The minimum atomic E-state index is -1.27. The topological polar surface area (TPSA) is 132 Å². The van der Waals surface area contributed by atoms with E-state index in [0.29, 0.717) is 11.3 Å². The molecule has 0 unspecified atom stereocenters. The van der Waals surface area contributed by atoms with Crippen LogP contribution in [0.15, 0.2) is 24.3 Å². The van der Waals surface area contributed by atoms with E-state index < -0.39 is 35.3 Å². The number of para-hydroxylation sites is 1. The van der Waals surface area contributed by atoms with E-state index in [1.54, 1.807) is 29.6 Å².